The normalized spacial score (nSPS) is 10.1. The van der Waals surface area contributed by atoms with E-state index < -0.39 is 0 Å². The molecule has 1 aromatic heterocycles. The van der Waals surface area contributed by atoms with Crippen LogP contribution < -0.4 is 11.1 Å². The van der Waals surface area contributed by atoms with E-state index in [0.29, 0.717) is 12.2 Å². The van der Waals surface area contributed by atoms with E-state index in [1.165, 1.54) is 0 Å². The number of aromatic nitrogens is 1. The third-order valence-corrected chi connectivity index (χ3v) is 2.94. The Morgan fingerprint density at radius 3 is 2.75 bits per heavy atom. The Kier molecular flexibility index (Phi) is 3.41. The third kappa shape index (κ3) is 2.52. The van der Waals surface area contributed by atoms with Crippen molar-refractivity contribution in [2.75, 3.05) is 11.1 Å². The smallest absolute Gasteiger partial charge is 0.0823 e. The largest absolute Gasteiger partial charge is 0.397 e. The molecule has 0 radical (unpaired) electrons. The average molecular weight is 278 g/mol. The zero-order valence-corrected chi connectivity index (χ0v) is 10.2. The highest BCUT2D eigenvalue weighted by atomic mass is 79.9. The number of nitrogen functional groups attached to an aromatic ring is 1. The molecule has 0 aliphatic heterocycles. The summed E-state index contributed by atoms with van der Waals surface area (Å²) in [5.74, 6) is 0. The summed E-state index contributed by atoms with van der Waals surface area (Å²) in [7, 11) is 0. The van der Waals surface area contributed by atoms with Crippen LogP contribution in [0.3, 0.4) is 0 Å². The summed E-state index contributed by atoms with van der Waals surface area (Å²) < 4.78 is 1.03. The van der Waals surface area contributed by atoms with Gasteiger partial charge in [0.05, 0.1) is 17.9 Å². The lowest BCUT2D eigenvalue weighted by atomic mass is 10.2. The van der Waals surface area contributed by atoms with Crippen LogP contribution in [0.25, 0.3) is 0 Å². The number of hydrogen-bond donors (Lipinski definition) is 2. The van der Waals surface area contributed by atoms with Gasteiger partial charge >= 0.3 is 0 Å². The van der Waals surface area contributed by atoms with Crippen molar-refractivity contribution in [3.05, 3.63) is 52.8 Å². The minimum Gasteiger partial charge on any atom is -0.397 e. The molecule has 0 fully saturated rings. The summed E-state index contributed by atoms with van der Waals surface area (Å²) in [5, 5.41) is 3.28. The van der Waals surface area contributed by atoms with E-state index in [-0.39, 0.29) is 0 Å². The zero-order valence-electron chi connectivity index (χ0n) is 8.65. The first kappa shape index (κ1) is 11.0. The van der Waals surface area contributed by atoms with Gasteiger partial charge in [-0.2, -0.15) is 0 Å². The summed E-state index contributed by atoms with van der Waals surface area (Å²) in [4.78, 5) is 4.22. The molecule has 16 heavy (non-hydrogen) atoms. The molecule has 0 bridgehead atoms. The van der Waals surface area contributed by atoms with E-state index in [0.717, 1.165) is 15.9 Å². The third-order valence-electron chi connectivity index (χ3n) is 2.25. The second-order valence-corrected chi connectivity index (χ2v) is 4.23. The van der Waals surface area contributed by atoms with Crippen LogP contribution in [0.2, 0.25) is 0 Å². The number of para-hydroxylation sites is 1. The number of nitrogens with one attached hydrogen (secondary N) is 1. The van der Waals surface area contributed by atoms with Gasteiger partial charge in [-0.15, -0.1) is 0 Å². The number of rotatable bonds is 3. The van der Waals surface area contributed by atoms with Gasteiger partial charge in [-0.3, -0.25) is 4.98 Å². The van der Waals surface area contributed by atoms with Crippen molar-refractivity contribution in [3.8, 4) is 0 Å². The van der Waals surface area contributed by atoms with Crippen LogP contribution in [0.15, 0.2) is 47.1 Å². The first-order valence-corrected chi connectivity index (χ1v) is 5.74. The highest BCUT2D eigenvalue weighted by molar-refractivity contribution is 9.10. The molecule has 1 heterocycles. The van der Waals surface area contributed by atoms with Crippen LogP contribution in [0.1, 0.15) is 5.69 Å². The lowest BCUT2D eigenvalue weighted by Crippen LogP contribution is -2.05. The summed E-state index contributed by atoms with van der Waals surface area (Å²) in [6.45, 7) is 0.620. The van der Waals surface area contributed by atoms with Gasteiger partial charge in [-0.05, 0) is 40.2 Å². The lowest BCUT2D eigenvalue weighted by Gasteiger charge is -2.09. The SMILES string of the molecule is Nc1cccnc1CNc1ccccc1Br. The number of halogens is 1. The molecule has 3 nitrogen and oxygen atoms in total. The van der Waals surface area contributed by atoms with E-state index in [1.807, 2.05) is 36.4 Å². The maximum absolute atomic E-state index is 5.81. The Morgan fingerprint density at radius 2 is 2.00 bits per heavy atom. The molecule has 0 aliphatic carbocycles. The standard InChI is InChI=1S/C12H12BrN3/c13-9-4-1-2-6-11(9)16-8-12-10(14)5-3-7-15-12/h1-7,16H,8,14H2. The molecule has 0 saturated heterocycles. The van der Waals surface area contributed by atoms with Gasteiger partial charge in [0, 0.05) is 16.4 Å². The molecular weight excluding hydrogens is 266 g/mol. The summed E-state index contributed by atoms with van der Waals surface area (Å²) in [6.07, 6.45) is 1.74. The number of nitrogens with two attached hydrogens (primary N) is 1. The molecule has 2 aromatic rings. The molecule has 0 amide bonds. The molecule has 1 aromatic carbocycles. The van der Waals surface area contributed by atoms with Crippen LogP contribution >= 0.6 is 15.9 Å². The molecule has 0 aliphatic rings. The van der Waals surface area contributed by atoms with E-state index in [2.05, 4.69) is 26.2 Å². The fourth-order valence-corrected chi connectivity index (χ4v) is 1.81. The van der Waals surface area contributed by atoms with E-state index >= 15 is 0 Å². The molecule has 0 unspecified atom stereocenters. The van der Waals surface area contributed by atoms with Crippen LogP contribution in [0.5, 0.6) is 0 Å². The quantitative estimate of drug-likeness (QED) is 0.907. The molecule has 0 saturated carbocycles. The number of anilines is 2. The Balaban J connectivity index is 2.09. The van der Waals surface area contributed by atoms with Gasteiger partial charge in [0.15, 0.2) is 0 Å². The predicted octanol–water partition coefficient (Wildman–Crippen LogP) is 3.04. The number of benzene rings is 1. The van der Waals surface area contributed by atoms with Crippen LogP contribution in [-0.4, -0.2) is 4.98 Å². The van der Waals surface area contributed by atoms with Gasteiger partial charge in [0.1, 0.15) is 0 Å². The van der Waals surface area contributed by atoms with Gasteiger partial charge in [-0.1, -0.05) is 12.1 Å². The van der Waals surface area contributed by atoms with E-state index in [4.69, 9.17) is 5.73 Å². The second kappa shape index (κ2) is 4.99. The molecule has 82 valence electrons. The molecular formula is C12H12BrN3. The van der Waals surface area contributed by atoms with Crippen LogP contribution in [-0.2, 0) is 6.54 Å². The average Bonchev–Trinajstić information content (AvgIpc) is 2.30. The summed E-state index contributed by atoms with van der Waals surface area (Å²) in [6, 6.07) is 11.6. The maximum Gasteiger partial charge on any atom is 0.0823 e. The van der Waals surface area contributed by atoms with Crippen molar-refractivity contribution >= 4 is 27.3 Å². The molecule has 4 heteroatoms. The number of hydrogen-bond acceptors (Lipinski definition) is 3. The summed E-state index contributed by atoms with van der Waals surface area (Å²) >= 11 is 3.47. The lowest BCUT2D eigenvalue weighted by molar-refractivity contribution is 1.05. The van der Waals surface area contributed by atoms with Gasteiger partial charge < -0.3 is 11.1 Å². The Hall–Kier alpha value is -1.55. The highest BCUT2D eigenvalue weighted by Crippen LogP contribution is 2.22. The van der Waals surface area contributed by atoms with Gasteiger partial charge in [-0.25, -0.2) is 0 Å². The predicted molar refractivity (Wildman–Crippen MR) is 70.1 cm³/mol. The van der Waals surface area contributed by atoms with Crippen LogP contribution in [0, 0.1) is 0 Å². The molecule has 0 atom stereocenters. The Morgan fingerprint density at radius 1 is 1.19 bits per heavy atom. The van der Waals surface area contributed by atoms with Gasteiger partial charge in [0.25, 0.3) is 0 Å². The van der Waals surface area contributed by atoms with Crippen molar-refractivity contribution in [2.45, 2.75) is 6.54 Å². The van der Waals surface area contributed by atoms with Crippen molar-refractivity contribution in [1.29, 1.82) is 0 Å². The topological polar surface area (TPSA) is 50.9 Å². The minimum absolute atomic E-state index is 0.620. The maximum atomic E-state index is 5.81. The Bertz CT molecular complexity index is 440. The summed E-state index contributed by atoms with van der Waals surface area (Å²) in [5.41, 5.74) is 8.41. The van der Waals surface area contributed by atoms with Gasteiger partial charge in [0.2, 0.25) is 0 Å². The second-order valence-electron chi connectivity index (χ2n) is 3.37. The fraction of sp³-hybridized carbons (Fsp3) is 0.0833. The highest BCUT2D eigenvalue weighted by Gasteiger charge is 2.01. The number of nitrogens with zero attached hydrogens (tertiary/aromatic N) is 1. The van der Waals surface area contributed by atoms with E-state index in [1.54, 1.807) is 6.20 Å². The monoisotopic (exact) mass is 277 g/mol. The fourth-order valence-electron chi connectivity index (χ4n) is 1.38. The first-order valence-electron chi connectivity index (χ1n) is 4.95. The zero-order chi connectivity index (χ0) is 11.4. The van der Waals surface area contributed by atoms with Crippen LogP contribution in [0.4, 0.5) is 11.4 Å². The molecule has 2 rings (SSSR count). The first-order chi connectivity index (χ1) is 7.77. The van der Waals surface area contributed by atoms with Crippen molar-refractivity contribution < 1.29 is 0 Å². The molecule has 0 spiro atoms. The number of pyridine rings is 1. The van der Waals surface area contributed by atoms with E-state index in [9.17, 15) is 0 Å². The minimum atomic E-state index is 0.620. The van der Waals surface area contributed by atoms with Crippen molar-refractivity contribution in [1.82, 2.24) is 4.98 Å². The van der Waals surface area contributed by atoms with Crippen molar-refractivity contribution in [2.24, 2.45) is 0 Å². The Labute approximate surface area is 103 Å². The van der Waals surface area contributed by atoms with Crippen molar-refractivity contribution in [3.63, 3.8) is 0 Å². The molecule has 3 N–H and O–H groups in total.